The molecule has 1 N–H and O–H groups in total. The minimum Gasteiger partial charge on any atom is -0.383 e. The lowest BCUT2D eigenvalue weighted by Gasteiger charge is -2.37. The summed E-state index contributed by atoms with van der Waals surface area (Å²) in [6, 6.07) is -0.00299. The fourth-order valence-electron chi connectivity index (χ4n) is 2.63. The van der Waals surface area contributed by atoms with E-state index in [0.717, 1.165) is 32.8 Å². The Morgan fingerprint density at radius 1 is 1.53 bits per heavy atom. The molecule has 0 spiro atoms. The molecule has 0 aliphatic carbocycles. The van der Waals surface area contributed by atoms with Crippen LogP contribution in [0.1, 0.15) is 19.8 Å². The SMILES string of the molecule is COCCNCC1CCCN(C(C)C(=O)N(C)C)C1. The summed E-state index contributed by atoms with van der Waals surface area (Å²) < 4.78 is 5.03. The zero-order valence-electron chi connectivity index (χ0n) is 12.8. The first-order valence-corrected chi connectivity index (χ1v) is 7.21. The summed E-state index contributed by atoms with van der Waals surface area (Å²) in [5, 5.41) is 3.42. The van der Waals surface area contributed by atoms with E-state index in [-0.39, 0.29) is 11.9 Å². The smallest absolute Gasteiger partial charge is 0.239 e. The molecule has 0 bridgehead atoms. The normalized spacial score (nSPS) is 22.2. The Kier molecular flexibility index (Phi) is 7.34. The van der Waals surface area contributed by atoms with Crippen molar-refractivity contribution in [3.63, 3.8) is 0 Å². The number of hydrogen-bond donors (Lipinski definition) is 1. The lowest BCUT2D eigenvalue weighted by molar-refractivity contribution is -0.134. The van der Waals surface area contributed by atoms with Crippen LogP contribution >= 0.6 is 0 Å². The highest BCUT2D eigenvalue weighted by atomic mass is 16.5. The van der Waals surface area contributed by atoms with Gasteiger partial charge in [0.15, 0.2) is 0 Å². The largest absolute Gasteiger partial charge is 0.383 e. The first-order chi connectivity index (χ1) is 9.06. The zero-order chi connectivity index (χ0) is 14.3. The number of piperidine rings is 1. The van der Waals surface area contributed by atoms with Crippen molar-refractivity contribution in [2.24, 2.45) is 5.92 Å². The maximum absolute atomic E-state index is 12.0. The number of nitrogens with zero attached hydrogens (tertiary/aromatic N) is 2. The number of nitrogens with one attached hydrogen (secondary N) is 1. The summed E-state index contributed by atoms with van der Waals surface area (Å²) in [4.78, 5) is 16.0. The van der Waals surface area contributed by atoms with Gasteiger partial charge in [-0.15, -0.1) is 0 Å². The van der Waals surface area contributed by atoms with Gasteiger partial charge >= 0.3 is 0 Å². The summed E-state index contributed by atoms with van der Waals surface area (Å²) in [6.07, 6.45) is 2.43. The molecular weight excluding hydrogens is 242 g/mol. The van der Waals surface area contributed by atoms with E-state index in [9.17, 15) is 4.79 Å². The maximum atomic E-state index is 12.0. The second-order valence-corrected chi connectivity index (χ2v) is 5.61. The standard InChI is InChI=1S/C14H29N3O2/c1-12(14(18)16(2)3)17-8-5-6-13(11-17)10-15-7-9-19-4/h12-13,15H,5-11H2,1-4H3. The Bertz CT molecular complexity index is 271. The van der Waals surface area contributed by atoms with Gasteiger partial charge in [0.05, 0.1) is 12.6 Å². The minimum absolute atomic E-state index is 0.00299. The Morgan fingerprint density at radius 2 is 2.26 bits per heavy atom. The van der Waals surface area contributed by atoms with Crippen molar-refractivity contribution in [1.29, 1.82) is 0 Å². The van der Waals surface area contributed by atoms with E-state index in [1.807, 2.05) is 21.0 Å². The van der Waals surface area contributed by atoms with Gasteiger partial charge in [-0.3, -0.25) is 9.69 Å². The van der Waals surface area contributed by atoms with Gasteiger partial charge in [-0.25, -0.2) is 0 Å². The molecule has 0 aromatic rings. The third-order valence-corrected chi connectivity index (χ3v) is 3.81. The van der Waals surface area contributed by atoms with Crippen molar-refractivity contribution < 1.29 is 9.53 Å². The summed E-state index contributed by atoms with van der Waals surface area (Å²) in [5.74, 6) is 0.844. The van der Waals surface area contributed by atoms with Crippen LogP contribution in [-0.2, 0) is 9.53 Å². The molecule has 0 saturated carbocycles. The van der Waals surface area contributed by atoms with Gasteiger partial charge in [0, 0.05) is 34.3 Å². The van der Waals surface area contributed by atoms with Gasteiger partial charge in [-0.05, 0) is 38.8 Å². The zero-order valence-corrected chi connectivity index (χ0v) is 12.8. The number of ether oxygens (including phenoxy) is 1. The molecule has 0 aromatic heterocycles. The first-order valence-electron chi connectivity index (χ1n) is 7.21. The van der Waals surface area contributed by atoms with Crippen LogP contribution in [0.5, 0.6) is 0 Å². The van der Waals surface area contributed by atoms with Crippen LogP contribution in [0.3, 0.4) is 0 Å². The highest BCUT2D eigenvalue weighted by molar-refractivity contribution is 5.80. The highest BCUT2D eigenvalue weighted by Gasteiger charge is 2.27. The van der Waals surface area contributed by atoms with Crippen LogP contribution in [0.15, 0.2) is 0 Å². The summed E-state index contributed by atoms with van der Waals surface area (Å²) in [7, 11) is 5.37. The van der Waals surface area contributed by atoms with Gasteiger partial charge in [-0.2, -0.15) is 0 Å². The molecule has 1 amide bonds. The lowest BCUT2D eigenvalue weighted by atomic mass is 9.96. The van der Waals surface area contributed by atoms with E-state index >= 15 is 0 Å². The second kappa shape index (κ2) is 8.51. The highest BCUT2D eigenvalue weighted by Crippen LogP contribution is 2.18. The Hall–Kier alpha value is -0.650. The monoisotopic (exact) mass is 271 g/mol. The van der Waals surface area contributed by atoms with Crippen LogP contribution in [0, 0.1) is 5.92 Å². The minimum atomic E-state index is -0.00299. The fraction of sp³-hybridized carbons (Fsp3) is 0.929. The Balaban J connectivity index is 2.35. The van der Waals surface area contributed by atoms with Gasteiger partial charge < -0.3 is 15.0 Å². The number of carbonyl (C=O) groups excluding carboxylic acids is 1. The third-order valence-electron chi connectivity index (χ3n) is 3.81. The Labute approximate surface area is 117 Å². The summed E-state index contributed by atoms with van der Waals surface area (Å²) >= 11 is 0. The predicted octanol–water partition coefficient (Wildman–Crippen LogP) is 0.411. The van der Waals surface area contributed by atoms with E-state index in [4.69, 9.17) is 4.74 Å². The molecule has 19 heavy (non-hydrogen) atoms. The van der Waals surface area contributed by atoms with E-state index < -0.39 is 0 Å². The molecule has 112 valence electrons. The van der Waals surface area contributed by atoms with Gasteiger partial charge in [-0.1, -0.05) is 0 Å². The molecule has 5 heteroatoms. The molecule has 2 unspecified atom stereocenters. The van der Waals surface area contributed by atoms with Gasteiger partial charge in [0.2, 0.25) is 5.91 Å². The van der Waals surface area contributed by atoms with Crippen LogP contribution in [0.2, 0.25) is 0 Å². The van der Waals surface area contributed by atoms with Crippen molar-refractivity contribution in [2.75, 3.05) is 54.0 Å². The molecule has 1 rings (SSSR count). The lowest BCUT2D eigenvalue weighted by Crippen LogP contribution is -2.50. The number of methoxy groups -OCH3 is 1. The van der Waals surface area contributed by atoms with Gasteiger partial charge in [0.25, 0.3) is 0 Å². The van der Waals surface area contributed by atoms with Crippen molar-refractivity contribution in [2.45, 2.75) is 25.8 Å². The van der Waals surface area contributed by atoms with E-state index in [1.165, 1.54) is 12.8 Å². The Morgan fingerprint density at radius 3 is 2.89 bits per heavy atom. The molecule has 1 aliphatic heterocycles. The molecule has 5 nitrogen and oxygen atoms in total. The third kappa shape index (κ3) is 5.47. The number of hydrogen-bond acceptors (Lipinski definition) is 4. The molecule has 1 aliphatic rings. The van der Waals surface area contributed by atoms with Gasteiger partial charge in [0.1, 0.15) is 0 Å². The molecular formula is C14H29N3O2. The number of amides is 1. The molecule has 1 heterocycles. The van der Waals surface area contributed by atoms with Crippen LogP contribution in [-0.4, -0.2) is 75.7 Å². The molecule has 1 fully saturated rings. The summed E-state index contributed by atoms with van der Waals surface area (Å²) in [6.45, 7) is 6.74. The molecule has 0 radical (unpaired) electrons. The average molecular weight is 271 g/mol. The number of rotatable bonds is 7. The van der Waals surface area contributed by atoms with E-state index in [1.54, 1.807) is 12.0 Å². The van der Waals surface area contributed by atoms with Crippen molar-refractivity contribution in [3.05, 3.63) is 0 Å². The van der Waals surface area contributed by atoms with Crippen LogP contribution in [0.25, 0.3) is 0 Å². The fourth-order valence-corrected chi connectivity index (χ4v) is 2.63. The van der Waals surface area contributed by atoms with E-state index in [2.05, 4.69) is 10.2 Å². The van der Waals surface area contributed by atoms with Crippen LogP contribution in [0.4, 0.5) is 0 Å². The topological polar surface area (TPSA) is 44.8 Å². The molecule has 0 aromatic carbocycles. The molecule has 1 saturated heterocycles. The molecule has 2 atom stereocenters. The van der Waals surface area contributed by atoms with Crippen molar-refractivity contribution in [1.82, 2.24) is 15.1 Å². The summed E-state index contributed by atoms with van der Waals surface area (Å²) in [5.41, 5.74) is 0. The predicted molar refractivity (Wildman–Crippen MR) is 77.2 cm³/mol. The number of carbonyl (C=O) groups is 1. The quantitative estimate of drug-likeness (QED) is 0.681. The van der Waals surface area contributed by atoms with Crippen LogP contribution < -0.4 is 5.32 Å². The number of likely N-dealkylation sites (N-methyl/N-ethyl adjacent to an activating group) is 1. The number of likely N-dealkylation sites (tertiary alicyclic amines) is 1. The first kappa shape index (κ1) is 16.4. The van der Waals surface area contributed by atoms with Crippen molar-refractivity contribution in [3.8, 4) is 0 Å². The maximum Gasteiger partial charge on any atom is 0.239 e. The van der Waals surface area contributed by atoms with E-state index in [0.29, 0.717) is 5.92 Å². The second-order valence-electron chi connectivity index (χ2n) is 5.61. The average Bonchev–Trinajstić information content (AvgIpc) is 2.42. The van der Waals surface area contributed by atoms with Crippen molar-refractivity contribution >= 4 is 5.91 Å².